The number of pyridine rings is 1. The Morgan fingerprint density at radius 1 is 0.973 bits per heavy atom. The van der Waals surface area contributed by atoms with Crippen LogP contribution in [0.3, 0.4) is 0 Å². The van der Waals surface area contributed by atoms with Crippen molar-refractivity contribution < 1.29 is 9.47 Å². The minimum atomic E-state index is 0.187. The maximum Gasteiger partial charge on any atom is 0.247 e. The van der Waals surface area contributed by atoms with Gasteiger partial charge in [-0.1, -0.05) is 18.2 Å². The van der Waals surface area contributed by atoms with E-state index in [1.165, 1.54) is 25.9 Å². The van der Waals surface area contributed by atoms with Gasteiger partial charge in [-0.05, 0) is 80.5 Å². The second kappa shape index (κ2) is 10.9. The highest BCUT2D eigenvalue weighted by Crippen LogP contribution is 2.25. The number of benzene rings is 2. The molecule has 2 aromatic heterocycles. The summed E-state index contributed by atoms with van der Waals surface area (Å²) in [5, 5.41) is 11.6. The summed E-state index contributed by atoms with van der Waals surface area (Å²) in [7, 11) is 0. The number of nitrogens with one attached hydrogen (secondary N) is 2. The summed E-state index contributed by atoms with van der Waals surface area (Å²) in [6.07, 6.45) is 7.56. The molecule has 4 heterocycles. The van der Waals surface area contributed by atoms with E-state index < -0.39 is 0 Å². The van der Waals surface area contributed by atoms with Gasteiger partial charge in [0.05, 0.1) is 18.5 Å². The number of aromatic nitrogens is 3. The largest absolute Gasteiger partial charge is 0.496 e. The first kappa shape index (κ1) is 23.4. The lowest BCUT2D eigenvalue weighted by atomic mass is 10.1. The third kappa shape index (κ3) is 5.70. The molecule has 8 heteroatoms. The van der Waals surface area contributed by atoms with E-state index in [-0.39, 0.29) is 6.10 Å². The van der Waals surface area contributed by atoms with Crippen LogP contribution in [-0.4, -0.2) is 58.4 Å². The smallest absolute Gasteiger partial charge is 0.247 e. The third-order valence-corrected chi connectivity index (χ3v) is 6.80. The van der Waals surface area contributed by atoms with E-state index in [0.29, 0.717) is 12.6 Å². The molecule has 0 amide bonds. The second-order valence-corrected chi connectivity index (χ2v) is 9.49. The molecule has 0 spiro atoms. The van der Waals surface area contributed by atoms with Gasteiger partial charge >= 0.3 is 0 Å². The highest BCUT2D eigenvalue weighted by molar-refractivity contribution is 5.68. The van der Waals surface area contributed by atoms with Crippen molar-refractivity contribution in [3.8, 4) is 17.0 Å². The Morgan fingerprint density at radius 3 is 2.68 bits per heavy atom. The number of ether oxygens (including phenoxy) is 2. The van der Waals surface area contributed by atoms with E-state index in [4.69, 9.17) is 14.6 Å². The molecule has 0 bridgehead atoms. The monoisotopic (exact) mass is 496 g/mol. The van der Waals surface area contributed by atoms with Crippen molar-refractivity contribution in [3.63, 3.8) is 0 Å². The quantitative estimate of drug-likeness (QED) is 0.307. The van der Waals surface area contributed by atoms with Gasteiger partial charge in [0, 0.05) is 29.9 Å². The van der Waals surface area contributed by atoms with E-state index in [2.05, 4.69) is 56.9 Å². The summed E-state index contributed by atoms with van der Waals surface area (Å²) in [6, 6.07) is 22.3. The molecule has 2 aliphatic rings. The summed E-state index contributed by atoms with van der Waals surface area (Å²) < 4.78 is 13.4. The molecule has 1 fully saturated rings. The minimum Gasteiger partial charge on any atom is -0.496 e. The van der Waals surface area contributed by atoms with E-state index in [0.717, 1.165) is 53.5 Å². The van der Waals surface area contributed by atoms with E-state index in [1.54, 1.807) is 6.26 Å². The lowest BCUT2D eigenvalue weighted by Crippen LogP contribution is -2.25. The fraction of sp³-hybridized carbons (Fsp3) is 0.310. The zero-order valence-corrected chi connectivity index (χ0v) is 20.8. The number of nitrogens with zero attached hydrogens (tertiary/aromatic N) is 4. The standard InChI is InChI=1S/C29H32N6O2/c1-2-16-34(15-1)17-19-37-25-13-11-23(12-14-25)31-29-32-28-10-4-9-27(35(28)33-29)22-6-3-7-24(20-22)30-21-26-8-5-18-36-26/h3-7,9-14,18,20,26,30H,1-2,8,15-17,19,21H2,(H,31,33). The molecular weight excluding hydrogens is 464 g/mol. The molecule has 8 nitrogen and oxygen atoms in total. The third-order valence-electron chi connectivity index (χ3n) is 6.80. The molecule has 37 heavy (non-hydrogen) atoms. The number of hydrogen-bond acceptors (Lipinski definition) is 7. The summed E-state index contributed by atoms with van der Waals surface area (Å²) in [5.41, 5.74) is 4.78. The van der Waals surface area contributed by atoms with Crippen LogP contribution < -0.4 is 15.4 Å². The van der Waals surface area contributed by atoms with Crippen LogP contribution >= 0.6 is 0 Å². The molecule has 2 N–H and O–H groups in total. The maximum absolute atomic E-state index is 5.92. The minimum absolute atomic E-state index is 0.187. The molecule has 0 aliphatic carbocycles. The summed E-state index contributed by atoms with van der Waals surface area (Å²) in [6.45, 7) is 4.84. The fourth-order valence-corrected chi connectivity index (χ4v) is 4.82. The van der Waals surface area contributed by atoms with Crippen LogP contribution in [0, 0.1) is 0 Å². The van der Waals surface area contributed by atoms with Crippen molar-refractivity contribution in [2.45, 2.75) is 25.4 Å². The van der Waals surface area contributed by atoms with Crippen LogP contribution in [0.2, 0.25) is 0 Å². The van der Waals surface area contributed by atoms with Crippen LogP contribution in [0.15, 0.2) is 79.1 Å². The zero-order chi connectivity index (χ0) is 24.9. The van der Waals surface area contributed by atoms with Gasteiger partial charge in [-0.2, -0.15) is 4.98 Å². The average Bonchev–Trinajstić information content (AvgIpc) is 3.71. The van der Waals surface area contributed by atoms with Crippen molar-refractivity contribution in [3.05, 3.63) is 79.1 Å². The van der Waals surface area contributed by atoms with Crippen molar-refractivity contribution >= 4 is 23.0 Å². The Hall–Kier alpha value is -4.04. The summed E-state index contributed by atoms with van der Waals surface area (Å²) in [4.78, 5) is 7.14. The Morgan fingerprint density at radius 2 is 1.84 bits per heavy atom. The molecule has 4 aromatic rings. The van der Waals surface area contributed by atoms with Crippen LogP contribution in [-0.2, 0) is 4.74 Å². The summed E-state index contributed by atoms with van der Waals surface area (Å²) >= 11 is 0. The SMILES string of the molecule is C1=COC(CNc2cccc(-c3cccc4nc(Nc5ccc(OCCN6CCCC6)cc5)nn34)c2)C1. The van der Waals surface area contributed by atoms with Gasteiger partial charge in [0.25, 0.3) is 0 Å². The first-order valence-electron chi connectivity index (χ1n) is 13.0. The van der Waals surface area contributed by atoms with Gasteiger partial charge in [0.1, 0.15) is 18.5 Å². The van der Waals surface area contributed by atoms with Crippen molar-refractivity contribution in [2.75, 3.05) is 43.4 Å². The van der Waals surface area contributed by atoms with E-state index in [9.17, 15) is 0 Å². The van der Waals surface area contributed by atoms with Gasteiger partial charge < -0.3 is 20.1 Å². The van der Waals surface area contributed by atoms with Gasteiger partial charge in [0.15, 0.2) is 5.65 Å². The van der Waals surface area contributed by atoms with Crippen LogP contribution in [0.5, 0.6) is 5.75 Å². The number of fused-ring (bicyclic) bond motifs is 1. The Bertz CT molecular complexity index is 1350. The van der Waals surface area contributed by atoms with Gasteiger partial charge in [-0.15, -0.1) is 5.10 Å². The average molecular weight is 497 g/mol. The van der Waals surface area contributed by atoms with Gasteiger partial charge in [-0.3, -0.25) is 4.90 Å². The molecule has 0 radical (unpaired) electrons. The Balaban J connectivity index is 1.12. The predicted molar refractivity (Wildman–Crippen MR) is 146 cm³/mol. The molecule has 6 rings (SSSR count). The van der Waals surface area contributed by atoms with Crippen molar-refractivity contribution in [1.29, 1.82) is 0 Å². The topological polar surface area (TPSA) is 75.9 Å². The lowest BCUT2D eigenvalue weighted by Gasteiger charge is -2.15. The van der Waals surface area contributed by atoms with Crippen LogP contribution in [0.4, 0.5) is 17.3 Å². The van der Waals surface area contributed by atoms with Crippen LogP contribution in [0.25, 0.3) is 16.9 Å². The molecule has 2 aliphatic heterocycles. The van der Waals surface area contributed by atoms with Crippen molar-refractivity contribution in [1.82, 2.24) is 19.5 Å². The molecule has 0 saturated carbocycles. The van der Waals surface area contributed by atoms with E-state index in [1.807, 2.05) is 40.9 Å². The maximum atomic E-state index is 5.92. The van der Waals surface area contributed by atoms with E-state index >= 15 is 0 Å². The van der Waals surface area contributed by atoms with Gasteiger partial charge in [0.2, 0.25) is 5.95 Å². The first-order valence-corrected chi connectivity index (χ1v) is 13.0. The number of likely N-dealkylation sites (tertiary alicyclic amines) is 1. The first-order chi connectivity index (χ1) is 18.3. The van der Waals surface area contributed by atoms with Crippen LogP contribution in [0.1, 0.15) is 19.3 Å². The highest BCUT2D eigenvalue weighted by Gasteiger charge is 2.13. The molecular formula is C29H32N6O2. The van der Waals surface area contributed by atoms with Crippen molar-refractivity contribution in [2.24, 2.45) is 0 Å². The van der Waals surface area contributed by atoms with Gasteiger partial charge in [-0.25, -0.2) is 4.52 Å². The molecule has 2 aromatic carbocycles. The molecule has 1 atom stereocenters. The molecule has 190 valence electrons. The fourth-order valence-electron chi connectivity index (χ4n) is 4.82. The number of anilines is 3. The second-order valence-electron chi connectivity index (χ2n) is 9.49. The molecule has 1 saturated heterocycles. The lowest BCUT2D eigenvalue weighted by molar-refractivity contribution is 0.182. The Labute approximate surface area is 216 Å². The normalized spacial score (nSPS) is 17.2. The highest BCUT2D eigenvalue weighted by atomic mass is 16.5. The number of hydrogen-bond donors (Lipinski definition) is 2. The molecule has 1 unspecified atom stereocenters. The Kier molecular flexibility index (Phi) is 6.90. The predicted octanol–water partition coefficient (Wildman–Crippen LogP) is 5.33. The number of rotatable bonds is 10. The zero-order valence-electron chi connectivity index (χ0n) is 20.8. The summed E-state index contributed by atoms with van der Waals surface area (Å²) in [5.74, 6) is 1.43.